The molecule has 5 aromatic carbocycles. The fraction of sp³-hybridized carbons (Fsp3) is 0. The molecule has 0 saturated heterocycles. The van der Waals surface area contributed by atoms with Gasteiger partial charge in [-0.25, -0.2) is 4.98 Å². The van der Waals surface area contributed by atoms with Gasteiger partial charge in [-0.3, -0.25) is 9.13 Å². The van der Waals surface area contributed by atoms with Crippen molar-refractivity contribution in [2.75, 3.05) is 0 Å². The number of hydrogen-bond donors (Lipinski definition) is 0. The molecule has 0 bridgehead atoms. The van der Waals surface area contributed by atoms with Crippen LogP contribution < -0.4 is 0 Å². The van der Waals surface area contributed by atoms with Crippen LogP contribution in [-0.2, 0) is 0 Å². The van der Waals surface area contributed by atoms with E-state index in [0.717, 1.165) is 28.2 Å². The summed E-state index contributed by atoms with van der Waals surface area (Å²) in [4.78, 5) is 5.18. The number of para-hydroxylation sites is 4. The zero-order chi connectivity index (χ0) is 22.9. The molecule has 0 aliphatic carbocycles. The molecule has 0 N–H and O–H groups in total. The number of hydrogen-bond acceptors (Lipinski definition) is 2. The van der Waals surface area contributed by atoms with Gasteiger partial charge >= 0.3 is 0 Å². The number of aromatic nitrogens is 3. The lowest BCUT2D eigenvalue weighted by Gasteiger charge is -2.12. The van der Waals surface area contributed by atoms with Crippen LogP contribution in [0, 0.1) is 0 Å². The van der Waals surface area contributed by atoms with Crippen molar-refractivity contribution >= 4 is 64.3 Å². The van der Waals surface area contributed by atoms with Crippen molar-refractivity contribution < 1.29 is 0 Å². The Hall–Kier alpha value is -4.41. The lowest BCUT2D eigenvalue weighted by Crippen LogP contribution is -2.05. The van der Waals surface area contributed by atoms with Crippen LogP contribution in [0.5, 0.6) is 0 Å². The first-order valence-electron chi connectivity index (χ1n) is 11.7. The van der Waals surface area contributed by atoms with Gasteiger partial charge in [0, 0.05) is 36.6 Å². The zero-order valence-corrected chi connectivity index (χ0v) is 19.5. The number of thiophene rings is 1. The Labute approximate surface area is 205 Å². The summed E-state index contributed by atoms with van der Waals surface area (Å²) in [7, 11) is 0. The molecule has 0 fully saturated rings. The van der Waals surface area contributed by atoms with Crippen molar-refractivity contribution in [3.8, 4) is 11.6 Å². The summed E-state index contributed by atoms with van der Waals surface area (Å²) >= 11 is 1.86. The van der Waals surface area contributed by atoms with E-state index in [1.807, 2.05) is 11.3 Å². The smallest absolute Gasteiger partial charge is 0.220 e. The van der Waals surface area contributed by atoms with Gasteiger partial charge in [0.25, 0.3) is 0 Å². The minimum Gasteiger partial charge on any atom is -0.279 e. The second-order valence-corrected chi connectivity index (χ2v) is 9.97. The molecule has 8 aromatic rings. The van der Waals surface area contributed by atoms with E-state index in [2.05, 4.69) is 124 Å². The standard InChI is InChI=1S/C31H19N3S/c1-2-10-20(11-3-1)33-27-16-8-6-14-25(27)32-31(33)34-26-15-7-4-12-21(26)23-18-24-22-13-5-9-17-29(22)35-30(24)19-28(23)34/h1-19H. The van der Waals surface area contributed by atoms with Crippen LogP contribution in [0.4, 0.5) is 0 Å². The second kappa shape index (κ2) is 7.05. The monoisotopic (exact) mass is 465 g/mol. The van der Waals surface area contributed by atoms with Gasteiger partial charge in [-0.05, 0) is 48.5 Å². The Kier molecular flexibility index (Phi) is 3.82. The van der Waals surface area contributed by atoms with Crippen molar-refractivity contribution in [1.82, 2.24) is 14.1 Å². The molecule has 0 unspecified atom stereocenters. The first-order chi connectivity index (χ1) is 17.4. The van der Waals surface area contributed by atoms with E-state index in [0.29, 0.717) is 0 Å². The van der Waals surface area contributed by atoms with Gasteiger partial charge in [0.05, 0.1) is 22.1 Å². The third-order valence-corrected chi connectivity index (χ3v) is 8.06. The molecule has 0 atom stereocenters. The van der Waals surface area contributed by atoms with Gasteiger partial charge in [-0.1, -0.05) is 66.7 Å². The third kappa shape index (κ3) is 2.63. The minimum atomic E-state index is 0.907. The fourth-order valence-corrected chi connectivity index (χ4v) is 6.52. The SMILES string of the molecule is c1ccc(-n2c(-n3c4ccccc4c4cc5c(cc43)sc3ccccc35)nc3ccccc32)cc1. The van der Waals surface area contributed by atoms with Gasteiger partial charge in [0.2, 0.25) is 5.95 Å². The van der Waals surface area contributed by atoms with Crippen molar-refractivity contribution in [2.45, 2.75) is 0 Å². The molecule has 3 heterocycles. The van der Waals surface area contributed by atoms with Crippen molar-refractivity contribution in [3.63, 3.8) is 0 Å². The van der Waals surface area contributed by atoms with Crippen LogP contribution >= 0.6 is 11.3 Å². The number of imidazole rings is 1. The number of fused-ring (bicyclic) bond motifs is 7. The van der Waals surface area contributed by atoms with Crippen LogP contribution in [0.15, 0.2) is 115 Å². The van der Waals surface area contributed by atoms with E-state index < -0.39 is 0 Å². The van der Waals surface area contributed by atoms with Crippen LogP contribution in [0.25, 0.3) is 64.6 Å². The average Bonchev–Trinajstić information content (AvgIpc) is 3.56. The lowest BCUT2D eigenvalue weighted by atomic mass is 10.1. The van der Waals surface area contributed by atoms with Crippen LogP contribution in [0.2, 0.25) is 0 Å². The van der Waals surface area contributed by atoms with E-state index in [1.165, 1.54) is 36.5 Å². The molecular formula is C31H19N3S. The maximum absolute atomic E-state index is 5.18. The maximum atomic E-state index is 5.18. The van der Waals surface area contributed by atoms with Crippen molar-refractivity contribution in [3.05, 3.63) is 115 Å². The molecule has 3 nitrogen and oxygen atoms in total. The Bertz CT molecular complexity index is 2060. The highest BCUT2D eigenvalue weighted by Crippen LogP contribution is 2.41. The Morgan fingerprint density at radius 1 is 0.486 bits per heavy atom. The Balaban J connectivity index is 1.57. The van der Waals surface area contributed by atoms with E-state index in [9.17, 15) is 0 Å². The maximum Gasteiger partial charge on any atom is 0.220 e. The Morgan fingerprint density at radius 3 is 2.09 bits per heavy atom. The molecule has 0 saturated carbocycles. The van der Waals surface area contributed by atoms with E-state index in [1.54, 1.807) is 0 Å². The molecule has 35 heavy (non-hydrogen) atoms. The molecule has 4 heteroatoms. The molecule has 0 aliphatic rings. The zero-order valence-electron chi connectivity index (χ0n) is 18.7. The fourth-order valence-electron chi connectivity index (χ4n) is 5.40. The van der Waals surface area contributed by atoms with Crippen LogP contribution in [0.3, 0.4) is 0 Å². The summed E-state index contributed by atoms with van der Waals surface area (Å²) in [6.45, 7) is 0. The molecule has 0 radical (unpaired) electrons. The lowest BCUT2D eigenvalue weighted by molar-refractivity contribution is 0.956. The quantitative estimate of drug-likeness (QED) is 0.251. The van der Waals surface area contributed by atoms with Gasteiger partial charge in [0.15, 0.2) is 0 Å². The molecule has 0 spiro atoms. The van der Waals surface area contributed by atoms with Gasteiger partial charge in [0.1, 0.15) is 0 Å². The number of rotatable bonds is 2. The molecule has 0 amide bonds. The summed E-state index contributed by atoms with van der Waals surface area (Å²) < 4.78 is 7.23. The summed E-state index contributed by atoms with van der Waals surface area (Å²) in [6.07, 6.45) is 0. The number of benzene rings is 5. The molecule has 164 valence electrons. The van der Waals surface area contributed by atoms with Crippen LogP contribution in [-0.4, -0.2) is 14.1 Å². The summed E-state index contributed by atoms with van der Waals surface area (Å²) in [5, 5.41) is 5.13. The minimum absolute atomic E-state index is 0.907. The predicted molar refractivity (Wildman–Crippen MR) is 148 cm³/mol. The predicted octanol–water partition coefficient (Wildman–Crippen LogP) is 8.49. The highest BCUT2D eigenvalue weighted by Gasteiger charge is 2.20. The van der Waals surface area contributed by atoms with Gasteiger partial charge < -0.3 is 0 Å². The normalized spacial score (nSPS) is 12.0. The highest BCUT2D eigenvalue weighted by atomic mass is 32.1. The van der Waals surface area contributed by atoms with Gasteiger partial charge in [-0.2, -0.15) is 0 Å². The molecule has 3 aromatic heterocycles. The van der Waals surface area contributed by atoms with Crippen molar-refractivity contribution in [1.29, 1.82) is 0 Å². The molecule has 0 aliphatic heterocycles. The topological polar surface area (TPSA) is 22.8 Å². The Morgan fingerprint density at radius 2 is 1.20 bits per heavy atom. The first-order valence-corrected chi connectivity index (χ1v) is 12.6. The second-order valence-electron chi connectivity index (χ2n) is 8.89. The largest absolute Gasteiger partial charge is 0.279 e. The summed E-state index contributed by atoms with van der Waals surface area (Å²) in [5.41, 5.74) is 5.53. The highest BCUT2D eigenvalue weighted by molar-refractivity contribution is 7.25. The van der Waals surface area contributed by atoms with E-state index in [-0.39, 0.29) is 0 Å². The first kappa shape index (κ1) is 19.0. The summed E-state index contributed by atoms with van der Waals surface area (Å²) in [6, 6.07) is 41.0. The van der Waals surface area contributed by atoms with Crippen molar-refractivity contribution in [2.24, 2.45) is 0 Å². The number of nitrogens with zero attached hydrogens (tertiary/aromatic N) is 3. The van der Waals surface area contributed by atoms with Gasteiger partial charge in [-0.15, -0.1) is 11.3 Å². The average molecular weight is 466 g/mol. The van der Waals surface area contributed by atoms with Crippen LogP contribution in [0.1, 0.15) is 0 Å². The molecular weight excluding hydrogens is 446 g/mol. The van der Waals surface area contributed by atoms with E-state index in [4.69, 9.17) is 4.98 Å². The molecule has 8 rings (SSSR count). The third-order valence-electron chi connectivity index (χ3n) is 6.93. The van der Waals surface area contributed by atoms with E-state index >= 15 is 0 Å². The summed E-state index contributed by atoms with van der Waals surface area (Å²) in [5.74, 6) is 0.907.